The minimum absolute atomic E-state index is 0.0562. The smallest absolute Gasteiger partial charge is 0.310 e. The van der Waals surface area contributed by atoms with Crippen molar-refractivity contribution in [1.29, 1.82) is 0 Å². The van der Waals surface area contributed by atoms with Gasteiger partial charge in [-0.2, -0.15) is 13.2 Å². The van der Waals surface area contributed by atoms with Gasteiger partial charge in [-0.05, 0) is 46.8 Å². The van der Waals surface area contributed by atoms with Crippen LogP contribution in [0.15, 0.2) is 22.9 Å². The van der Waals surface area contributed by atoms with Gasteiger partial charge in [0, 0.05) is 29.5 Å². The third kappa shape index (κ3) is 4.45. The van der Waals surface area contributed by atoms with Crippen LogP contribution in [0, 0.1) is 5.92 Å². The second kappa shape index (κ2) is 6.22. The number of alkyl halides is 3. The fourth-order valence-corrected chi connectivity index (χ4v) is 2.90. The molecular formula is C13H16BrF3N2. The van der Waals surface area contributed by atoms with Crippen LogP contribution >= 0.6 is 15.9 Å². The molecule has 0 radical (unpaired) electrons. The molecule has 1 saturated carbocycles. The maximum absolute atomic E-state index is 12.7. The maximum atomic E-state index is 12.7. The zero-order valence-corrected chi connectivity index (χ0v) is 12.0. The van der Waals surface area contributed by atoms with Crippen molar-refractivity contribution in [2.45, 2.75) is 44.4 Å². The molecule has 1 aliphatic rings. The highest BCUT2D eigenvalue weighted by Crippen LogP contribution is 2.37. The first-order chi connectivity index (χ1) is 8.95. The first kappa shape index (κ1) is 14.8. The van der Waals surface area contributed by atoms with Gasteiger partial charge in [0.1, 0.15) is 0 Å². The van der Waals surface area contributed by atoms with Crippen molar-refractivity contribution in [3.63, 3.8) is 0 Å². The summed E-state index contributed by atoms with van der Waals surface area (Å²) >= 11 is 3.32. The second-order valence-corrected chi connectivity index (χ2v) is 5.91. The van der Waals surface area contributed by atoms with E-state index in [0.717, 1.165) is 16.5 Å². The van der Waals surface area contributed by atoms with Crippen LogP contribution in [0.5, 0.6) is 0 Å². The van der Waals surface area contributed by atoms with Crippen molar-refractivity contribution in [3.05, 3.63) is 28.5 Å². The fourth-order valence-electron chi connectivity index (χ4n) is 2.49. The van der Waals surface area contributed by atoms with Crippen molar-refractivity contribution in [1.82, 2.24) is 10.3 Å². The van der Waals surface area contributed by atoms with Crippen molar-refractivity contribution < 1.29 is 13.2 Å². The average Bonchev–Trinajstić information content (AvgIpc) is 2.36. The molecule has 1 aromatic heterocycles. The van der Waals surface area contributed by atoms with Crippen LogP contribution in [0.1, 0.15) is 31.2 Å². The minimum atomic E-state index is -4.06. The van der Waals surface area contributed by atoms with Crippen molar-refractivity contribution in [3.8, 4) is 0 Å². The van der Waals surface area contributed by atoms with Crippen LogP contribution in [0.2, 0.25) is 0 Å². The third-order valence-electron chi connectivity index (χ3n) is 3.49. The number of rotatable bonds is 3. The monoisotopic (exact) mass is 336 g/mol. The minimum Gasteiger partial charge on any atom is -0.310 e. The van der Waals surface area contributed by atoms with Crippen LogP contribution in [0.3, 0.4) is 0 Å². The van der Waals surface area contributed by atoms with E-state index in [1.807, 2.05) is 6.07 Å². The second-order valence-electron chi connectivity index (χ2n) is 4.99. The molecule has 2 rings (SSSR count). The van der Waals surface area contributed by atoms with Gasteiger partial charge in [-0.15, -0.1) is 0 Å². The Balaban J connectivity index is 1.86. The van der Waals surface area contributed by atoms with Gasteiger partial charge in [0.25, 0.3) is 0 Å². The Labute approximate surface area is 118 Å². The largest absolute Gasteiger partial charge is 0.391 e. The van der Waals surface area contributed by atoms with Gasteiger partial charge in [0.15, 0.2) is 0 Å². The van der Waals surface area contributed by atoms with E-state index in [9.17, 15) is 13.2 Å². The van der Waals surface area contributed by atoms with E-state index in [4.69, 9.17) is 0 Å². The zero-order valence-electron chi connectivity index (χ0n) is 10.4. The van der Waals surface area contributed by atoms with Gasteiger partial charge in [0.2, 0.25) is 0 Å². The summed E-state index contributed by atoms with van der Waals surface area (Å²) in [6, 6.07) is 1.86. The summed E-state index contributed by atoms with van der Waals surface area (Å²) in [7, 11) is 0. The number of nitrogens with zero attached hydrogens (tertiary/aromatic N) is 1. The lowest BCUT2D eigenvalue weighted by Gasteiger charge is -2.31. The van der Waals surface area contributed by atoms with Crippen LogP contribution in [0.25, 0.3) is 0 Å². The molecule has 1 fully saturated rings. The lowest BCUT2D eigenvalue weighted by molar-refractivity contribution is -0.183. The number of hydrogen-bond acceptors (Lipinski definition) is 2. The molecular weight excluding hydrogens is 321 g/mol. The Morgan fingerprint density at radius 3 is 2.79 bits per heavy atom. The van der Waals surface area contributed by atoms with Gasteiger partial charge in [-0.3, -0.25) is 4.98 Å². The quantitative estimate of drug-likeness (QED) is 0.900. The standard InChI is InChI=1S/C13H16BrF3N2/c14-11-4-9(6-18-8-11)7-19-12-3-1-2-10(5-12)13(15,16)17/h4,6,8,10,12,19H,1-3,5,7H2. The molecule has 2 unspecified atom stereocenters. The summed E-state index contributed by atoms with van der Waals surface area (Å²) in [5.74, 6) is -1.15. The summed E-state index contributed by atoms with van der Waals surface area (Å²) in [5.41, 5.74) is 0.975. The van der Waals surface area contributed by atoms with Crippen LogP contribution in [-0.4, -0.2) is 17.2 Å². The average molecular weight is 337 g/mol. The molecule has 1 aromatic rings. The molecule has 2 nitrogen and oxygen atoms in total. The van der Waals surface area contributed by atoms with Gasteiger partial charge in [-0.25, -0.2) is 0 Å². The molecule has 6 heteroatoms. The molecule has 0 saturated heterocycles. The molecule has 1 N–H and O–H groups in total. The van der Waals surface area contributed by atoms with Gasteiger partial charge < -0.3 is 5.32 Å². The van der Waals surface area contributed by atoms with E-state index in [0.29, 0.717) is 13.0 Å². The molecule has 1 aliphatic carbocycles. The van der Waals surface area contributed by atoms with Gasteiger partial charge >= 0.3 is 6.18 Å². The van der Waals surface area contributed by atoms with Crippen molar-refractivity contribution >= 4 is 15.9 Å². The van der Waals surface area contributed by atoms with E-state index < -0.39 is 12.1 Å². The number of nitrogens with one attached hydrogen (secondary N) is 1. The lowest BCUT2D eigenvalue weighted by atomic mass is 9.85. The van der Waals surface area contributed by atoms with E-state index in [1.165, 1.54) is 0 Å². The Hall–Kier alpha value is -0.620. The molecule has 19 heavy (non-hydrogen) atoms. The van der Waals surface area contributed by atoms with Crippen molar-refractivity contribution in [2.75, 3.05) is 0 Å². The highest BCUT2D eigenvalue weighted by atomic mass is 79.9. The molecule has 0 amide bonds. The Morgan fingerprint density at radius 1 is 1.32 bits per heavy atom. The third-order valence-corrected chi connectivity index (χ3v) is 3.93. The molecule has 1 heterocycles. The van der Waals surface area contributed by atoms with E-state index in [-0.39, 0.29) is 18.9 Å². The van der Waals surface area contributed by atoms with Crippen LogP contribution < -0.4 is 5.32 Å². The van der Waals surface area contributed by atoms with Crippen LogP contribution in [0.4, 0.5) is 13.2 Å². The first-order valence-corrected chi connectivity index (χ1v) is 7.14. The Bertz CT molecular complexity index is 423. The predicted molar refractivity (Wildman–Crippen MR) is 70.6 cm³/mol. The summed E-state index contributed by atoms with van der Waals surface area (Å²) in [4.78, 5) is 4.04. The van der Waals surface area contributed by atoms with E-state index >= 15 is 0 Å². The summed E-state index contributed by atoms with van der Waals surface area (Å²) in [5, 5.41) is 3.21. The van der Waals surface area contributed by atoms with Gasteiger partial charge in [-0.1, -0.05) is 6.42 Å². The Kier molecular flexibility index (Phi) is 4.84. The van der Waals surface area contributed by atoms with E-state index in [2.05, 4.69) is 26.2 Å². The molecule has 106 valence electrons. The summed E-state index contributed by atoms with van der Waals surface area (Å²) < 4.78 is 38.9. The first-order valence-electron chi connectivity index (χ1n) is 6.34. The Morgan fingerprint density at radius 2 is 2.11 bits per heavy atom. The summed E-state index contributed by atoms with van der Waals surface area (Å²) in [6.07, 6.45) is 1.25. The molecule has 0 bridgehead atoms. The number of hydrogen-bond donors (Lipinski definition) is 1. The normalized spacial score (nSPS) is 24.4. The topological polar surface area (TPSA) is 24.9 Å². The predicted octanol–water partition coefficient (Wildman–Crippen LogP) is 4.05. The SMILES string of the molecule is FC(F)(F)C1CCCC(NCc2cncc(Br)c2)C1. The number of pyridine rings is 1. The number of aromatic nitrogens is 1. The molecule has 0 aromatic carbocycles. The lowest BCUT2D eigenvalue weighted by Crippen LogP contribution is -2.38. The van der Waals surface area contributed by atoms with Crippen LogP contribution in [-0.2, 0) is 6.54 Å². The molecule has 0 aliphatic heterocycles. The molecule has 0 spiro atoms. The highest BCUT2D eigenvalue weighted by Gasteiger charge is 2.41. The van der Waals surface area contributed by atoms with Gasteiger partial charge in [0.05, 0.1) is 5.92 Å². The summed E-state index contributed by atoms with van der Waals surface area (Å²) in [6.45, 7) is 0.557. The number of halogens is 4. The fraction of sp³-hybridized carbons (Fsp3) is 0.615. The highest BCUT2D eigenvalue weighted by molar-refractivity contribution is 9.10. The zero-order chi connectivity index (χ0) is 13.9. The maximum Gasteiger partial charge on any atom is 0.391 e. The van der Waals surface area contributed by atoms with Crippen molar-refractivity contribution in [2.24, 2.45) is 5.92 Å². The molecule has 2 atom stereocenters. The van der Waals surface area contributed by atoms with E-state index in [1.54, 1.807) is 12.4 Å².